The monoisotopic (exact) mass is 512 g/mol. The lowest BCUT2D eigenvalue weighted by atomic mass is 10.00. The standard InChI is InChI=1S/C26H29BrN2O4/c1-7-22(30)29(20-10-8-16(3)13-19(20)27)23(25(32)28-26(4,5)6)18-14-33-21-11-9-15(2)12-17(21)24(18)31/h8-14,23H,7H2,1-6H3,(H,28,32). The molecule has 3 rings (SSSR count). The highest BCUT2D eigenvalue weighted by molar-refractivity contribution is 9.10. The van der Waals surface area contributed by atoms with Crippen molar-refractivity contribution in [1.29, 1.82) is 0 Å². The Morgan fingerprint density at radius 1 is 1.09 bits per heavy atom. The van der Waals surface area contributed by atoms with Crippen LogP contribution in [-0.2, 0) is 9.59 Å². The van der Waals surface area contributed by atoms with Gasteiger partial charge in [-0.25, -0.2) is 0 Å². The first-order valence-electron chi connectivity index (χ1n) is 10.8. The van der Waals surface area contributed by atoms with E-state index in [1.807, 2.05) is 52.8 Å². The third kappa shape index (κ3) is 5.36. The molecule has 174 valence electrons. The molecule has 1 heterocycles. The number of hydrogen-bond donors (Lipinski definition) is 1. The highest BCUT2D eigenvalue weighted by Gasteiger charge is 2.37. The Morgan fingerprint density at radius 3 is 2.33 bits per heavy atom. The van der Waals surface area contributed by atoms with Gasteiger partial charge >= 0.3 is 0 Å². The maximum absolute atomic E-state index is 13.6. The first-order valence-corrected chi connectivity index (χ1v) is 11.6. The Hall–Kier alpha value is -2.93. The van der Waals surface area contributed by atoms with Crippen molar-refractivity contribution in [1.82, 2.24) is 5.32 Å². The molecule has 0 radical (unpaired) electrons. The molecule has 0 spiro atoms. The number of anilines is 1. The summed E-state index contributed by atoms with van der Waals surface area (Å²) in [5, 5.41) is 3.30. The zero-order chi connectivity index (χ0) is 24.5. The van der Waals surface area contributed by atoms with Crippen LogP contribution in [0.25, 0.3) is 11.0 Å². The lowest BCUT2D eigenvalue weighted by Crippen LogP contribution is -2.50. The smallest absolute Gasteiger partial charge is 0.248 e. The number of aryl methyl sites for hydroxylation is 2. The summed E-state index contributed by atoms with van der Waals surface area (Å²) in [6.45, 7) is 11.1. The average Bonchev–Trinajstić information content (AvgIpc) is 2.72. The van der Waals surface area contributed by atoms with Crippen LogP contribution >= 0.6 is 15.9 Å². The van der Waals surface area contributed by atoms with E-state index in [0.717, 1.165) is 11.1 Å². The topological polar surface area (TPSA) is 79.6 Å². The van der Waals surface area contributed by atoms with Crippen molar-refractivity contribution in [2.75, 3.05) is 4.90 Å². The summed E-state index contributed by atoms with van der Waals surface area (Å²) in [7, 11) is 0. The second-order valence-electron chi connectivity index (χ2n) is 9.23. The summed E-state index contributed by atoms with van der Waals surface area (Å²) in [4.78, 5) is 41.9. The molecule has 2 amide bonds. The van der Waals surface area contributed by atoms with Crippen molar-refractivity contribution >= 4 is 44.4 Å². The molecule has 0 fully saturated rings. The Kier molecular flexibility index (Phi) is 7.12. The van der Waals surface area contributed by atoms with Crippen molar-refractivity contribution in [3.05, 3.63) is 74.0 Å². The summed E-state index contributed by atoms with van der Waals surface area (Å²) in [6.07, 6.45) is 1.45. The normalized spacial score (nSPS) is 12.5. The van der Waals surface area contributed by atoms with Gasteiger partial charge in [-0.2, -0.15) is 0 Å². The molecule has 0 aliphatic rings. The Bertz CT molecular complexity index is 1270. The Labute approximate surface area is 202 Å². The number of nitrogens with one attached hydrogen (secondary N) is 1. The van der Waals surface area contributed by atoms with Crippen LogP contribution in [0.15, 0.2) is 56.3 Å². The van der Waals surface area contributed by atoms with Gasteiger partial charge in [-0.1, -0.05) is 24.6 Å². The predicted molar refractivity (Wildman–Crippen MR) is 135 cm³/mol. The van der Waals surface area contributed by atoms with E-state index in [-0.39, 0.29) is 23.3 Å². The van der Waals surface area contributed by atoms with E-state index in [1.165, 1.54) is 11.2 Å². The van der Waals surface area contributed by atoms with Gasteiger partial charge in [0.15, 0.2) is 5.43 Å². The summed E-state index contributed by atoms with van der Waals surface area (Å²) >= 11 is 3.54. The molecule has 0 aliphatic heterocycles. The lowest BCUT2D eigenvalue weighted by molar-refractivity contribution is -0.127. The van der Waals surface area contributed by atoms with Gasteiger partial charge in [0.1, 0.15) is 17.9 Å². The van der Waals surface area contributed by atoms with Crippen molar-refractivity contribution in [2.24, 2.45) is 0 Å². The number of nitrogens with zero attached hydrogens (tertiary/aromatic N) is 1. The number of rotatable bonds is 5. The van der Waals surface area contributed by atoms with Crippen LogP contribution in [-0.4, -0.2) is 17.4 Å². The van der Waals surface area contributed by atoms with E-state index >= 15 is 0 Å². The fraction of sp³-hybridized carbons (Fsp3) is 0.346. The van der Waals surface area contributed by atoms with Gasteiger partial charge in [0, 0.05) is 16.4 Å². The average molecular weight is 513 g/mol. The van der Waals surface area contributed by atoms with Crippen molar-refractivity contribution in [3.63, 3.8) is 0 Å². The molecule has 33 heavy (non-hydrogen) atoms. The number of benzene rings is 2. The number of carbonyl (C=O) groups excluding carboxylic acids is 2. The van der Waals surface area contributed by atoms with Gasteiger partial charge in [-0.3, -0.25) is 19.3 Å². The molecule has 1 N–H and O–H groups in total. The molecule has 0 saturated carbocycles. The van der Waals surface area contributed by atoms with Gasteiger partial charge in [0.25, 0.3) is 0 Å². The van der Waals surface area contributed by atoms with Crippen LogP contribution < -0.4 is 15.6 Å². The fourth-order valence-corrected chi connectivity index (χ4v) is 4.36. The van der Waals surface area contributed by atoms with Gasteiger partial charge in [0.2, 0.25) is 11.8 Å². The molecular formula is C26H29BrN2O4. The van der Waals surface area contributed by atoms with E-state index in [2.05, 4.69) is 21.2 Å². The molecular weight excluding hydrogens is 484 g/mol. The number of carbonyl (C=O) groups is 2. The van der Waals surface area contributed by atoms with E-state index < -0.39 is 17.5 Å². The third-order valence-electron chi connectivity index (χ3n) is 5.19. The second kappa shape index (κ2) is 9.51. The van der Waals surface area contributed by atoms with Crippen LogP contribution in [0.3, 0.4) is 0 Å². The maximum Gasteiger partial charge on any atom is 0.248 e. The summed E-state index contributed by atoms with van der Waals surface area (Å²) in [5.41, 5.74) is 2.00. The number of hydrogen-bond acceptors (Lipinski definition) is 4. The first-order chi connectivity index (χ1) is 15.4. The highest BCUT2D eigenvalue weighted by atomic mass is 79.9. The molecule has 0 aliphatic carbocycles. The molecule has 7 heteroatoms. The van der Waals surface area contributed by atoms with Crippen LogP contribution in [0.5, 0.6) is 0 Å². The second-order valence-corrected chi connectivity index (χ2v) is 10.1. The van der Waals surface area contributed by atoms with Gasteiger partial charge in [0.05, 0.1) is 16.6 Å². The lowest BCUT2D eigenvalue weighted by Gasteiger charge is -2.33. The molecule has 3 aromatic rings. The number of halogens is 1. The SMILES string of the molecule is CCC(=O)N(c1ccc(C)cc1Br)C(C(=O)NC(C)(C)C)c1coc2ccc(C)cc2c1=O. The van der Waals surface area contributed by atoms with E-state index in [1.54, 1.807) is 25.1 Å². The number of amides is 2. The van der Waals surface area contributed by atoms with Crippen LogP contribution in [0.4, 0.5) is 5.69 Å². The van der Waals surface area contributed by atoms with Crippen molar-refractivity contribution in [2.45, 2.75) is 59.5 Å². The van der Waals surface area contributed by atoms with Crippen LogP contribution in [0.1, 0.15) is 56.8 Å². The van der Waals surface area contributed by atoms with E-state index in [0.29, 0.717) is 21.1 Å². The molecule has 6 nitrogen and oxygen atoms in total. The zero-order valence-electron chi connectivity index (χ0n) is 19.8. The third-order valence-corrected chi connectivity index (χ3v) is 5.82. The van der Waals surface area contributed by atoms with E-state index in [9.17, 15) is 14.4 Å². The zero-order valence-corrected chi connectivity index (χ0v) is 21.4. The van der Waals surface area contributed by atoms with Gasteiger partial charge < -0.3 is 9.73 Å². The maximum atomic E-state index is 13.6. The largest absolute Gasteiger partial charge is 0.464 e. The predicted octanol–water partition coefficient (Wildman–Crippen LogP) is 5.57. The minimum atomic E-state index is -1.21. The van der Waals surface area contributed by atoms with E-state index in [4.69, 9.17) is 4.42 Å². The minimum Gasteiger partial charge on any atom is -0.464 e. The molecule has 2 aromatic carbocycles. The van der Waals surface area contributed by atoms with Crippen molar-refractivity contribution < 1.29 is 14.0 Å². The molecule has 0 saturated heterocycles. The number of fused-ring (bicyclic) bond motifs is 1. The molecule has 1 aromatic heterocycles. The quantitative estimate of drug-likeness (QED) is 0.484. The van der Waals surface area contributed by atoms with Crippen LogP contribution in [0, 0.1) is 13.8 Å². The minimum absolute atomic E-state index is 0.101. The summed E-state index contributed by atoms with van der Waals surface area (Å²) in [6, 6.07) is 9.61. The molecule has 1 unspecified atom stereocenters. The van der Waals surface area contributed by atoms with Crippen LogP contribution in [0.2, 0.25) is 0 Å². The molecule has 0 bridgehead atoms. The summed E-state index contributed by atoms with van der Waals surface area (Å²) in [5.74, 6) is -0.756. The summed E-state index contributed by atoms with van der Waals surface area (Å²) < 4.78 is 6.41. The van der Waals surface area contributed by atoms with Gasteiger partial charge in [-0.05, 0) is 80.4 Å². The van der Waals surface area contributed by atoms with Gasteiger partial charge in [-0.15, -0.1) is 0 Å². The Morgan fingerprint density at radius 2 is 1.73 bits per heavy atom. The highest BCUT2D eigenvalue weighted by Crippen LogP contribution is 2.34. The fourth-order valence-electron chi connectivity index (χ4n) is 3.68. The Balaban J connectivity index is 2.32. The van der Waals surface area contributed by atoms with Crippen molar-refractivity contribution in [3.8, 4) is 0 Å². The molecule has 1 atom stereocenters. The first kappa shape index (κ1) is 24.7.